The maximum atomic E-state index is 5.64. The summed E-state index contributed by atoms with van der Waals surface area (Å²) in [5.74, 6) is 8.52. The first-order valence-electron chi connectivity index (χ1n) is 5.66. The summed E-state index contributed by atoms with van der Waals surface area (Å²) in [6, 6.07) is 0.259. The van der Waals surface area contributed by atoms with Crippen LogP contribution in [0.5, 0.6) is 0 Å². The highest BCUT2D eigenvalue weighted by Gasteiger charge is 2.28. The maximum Gasteiger partial charge on any atom is 0.106 e. The van der Waals surface area contributed by atoms with E-state index in [0.29, 0.717) is 0 Å². The fourth-order valence-corrected chi connectivity index (χ4v) is 2.28. The Morgan fingerprint density at radius 2 is 2.00 bits per heavy atom. The van der Waals surface area contributed by atoms with Gasteiger partial charge < -0.3 is 4.42 Å². The number of hydrogen-bond donors (Lipinski definition) is 2. The molecule has 0 radical (unpaired) electrons. The molecule has 84 valence electrons. The molecular weight excluding hydrogens is 188 g/mol. The summed E-state index contributed by atoms with van der Waals surface area (Å²) in [6.07, 6.45) is 3.84. The number of rotatable bonds is 4. The molecule has 2 rings (SSSR count). The highest BCUT2D eigenvalue weighted by Crippen LogP contribution is 2.39. The highest BCUT2D eigenvalue weighted by atomic mass is 16.3. The molecular formula is C12H20N2O. The summed E-state index contributed by atoms with van der Waals surface area (Å²) in [4.78, 5) is 0. The van der Waals surface area contributed by atoms with Gasteiger partial charge in [-0.05, 0) is 38.7 Å². The van der Waals surface area contributed by atoms with Crippen molar-refractivity contribution in [1.82, 2.24) is 5.43 Å². The van der Waals surface area contributed by atoms with Crippen LogP contribution in [0.25, 0.3) is 0 Å². The molecule has 0 bridgehead atoms. The molecule has 0 aliphatic heterocycles. The minimum Gasteiger partial charge on any atom is -0.466 e. The molecule has 15 heavy (non-hydrogen) atoms. The van der Waals surface area contributed by atoms with Crippen LogP contribution in [0.1, 0.15) is 48.0 Å². The number of hydrazine groups is 1. The second-order valence-corrected chi connectivity index (χ2v) is 4.65. The molecule has 3 heteroatoms. The van der Waals surface area contributed by atoms with E-state index in [2.05, 4.69) is 12.3 Å². The van der Waals surface area contributed by atoms with E-state index in [1.807, 2.05) is 13.8 Å². The maximum absolute atomic E-state index is 5.64. The van der Waals surface area contributed by atoms with E-state index in [1.165, 1.54) is 24.0 Å². The molecule has 3 nitrogen and oxygen atoms in total. The van der Waals surface area contributed by atoms with Crippen LogP contribution in [0.2, 0.25) is 0 Å². The van der Waals surface area contributed by atoms with Gasteiger partial charge in [0.25, 0.3) is 0 Å². The Bertz CT molecular complexity index is 353. The third-order valence-electron chi connectivity index (χ3n) is 3.43. The van der Waals surface area contributed by atoms with Crippen LogP contribution in [0.15, 0.2) is 4.42 Å². The minimum absolute atomic E-state index is 0.259. The van der Waals surface area contributed by atoms with Crippen molar-refractivity contribution in [3.63, 3.8) is 0 Å². The lowest BCUT2D eigenvalue weighted by Crippen LogP contribution is -2.29. The highest BCUT2D eigenvalue weighted by molar-refractivity contribution is 5.34. The third kappa shape index (κ3) is 2.08. The zero-order valence-electron chi connectivity index (χ0n) is 9.76. The number of nitrogens with two attached hydrogens (primary N) is 1. The van der Waals surface area contributed by atoms with Crippen molar-refractivity contribution >= 4 is 0 Å². The minimum atomic E-state index is 0.259. The summed E-state index contributed by atoms with van der Waals surface area (Å²) in [7, 11) is 0. The quantitative estimate of drug-likeness (QED) is 0.590. The third-order valence-corrected chi connectivity index (χ3v) is 3.43. The molecule has 1 saturated carbocycles. The van der Waals surface area contributed by atoms with Crippen molar-refractivity contribution in [2.75, 3.05) is 0 Å². The van der Waals surface area contributed by atoms with Crippen LogP contribution in [0.4, 0.5) is 0 Å². The van der Waals surface area contributed by atoms with Crippen molar-refractivity contribution in [3.8, 4) is 0 Å². The first-order valence-corrected chi connectivity index (χ1v) is 5.66. The Morgan fingerprint density at radius 1 is 1.33 bits per heavy atom. The lowest BCUT2D eigenvalue weighted by Gasteiger charge is -2.16. The van der Waals surface area contributed by atoms with Crippen LogP contribution in [-0.4, -0.2) is 0 Å². The summed E-state index contributed by atoms with van der Waals surface area (Å²) < 4.78 is 5.63. The van der Waals surface area contributed by atoms with Gasteiger partial charge in [0.15, 0.2) is 0 Å². The molecule has 0 aromatic carbocycles. The molecule has 1 aromatic heterocycles. The standard InChI is InChI=1S/C12H20N2O/c1-7-8(2)15-9(3)12(7)11(14-13)6-10-4-5-10/h10-11,14H,4-6,13H2,1-3H3. The van der Waals surface area contributed by atoms with Crippen LogP contribution >= 0.6 is 0 Å². The van der Waals surface area contributed by atoms with Crippen molar-refractivity contribution < 1.29 is 4.42 Å². The van der Waals surface area contributed by atoms with E-state index < -0.39 is 0 Å². The molecule has 1 fully saturated rings. The number of aryl methyl sites for hydroxylation is 2. The smallest absolute Gasteiger partial charge is 0.106 e. The number of nitrogens with one attached hydrogen (secondary N) is 1. The number of furan rings is 1. The molecule has 0 spiro atoms. The second-order valence-electron chi connectivity index (χ2n) is 4.65. The van der Waals surface area contributed by atoms with E-state index in [0.717, 1.165) is 23.9 Å². The Morgan fingerprint density at radius 3 is 2.40 bits per heavy atom. The summed E-state index contributed by atoms with van der Waals surface area (Å²) >= 11 is 0. The van der Waals surface area contributed by atoms with Crippen molar-refractivity contribution in [1.29, 1.82) is 0 Å². The van der Waals surface area contributed by atoms with Gasteiger partial charge in [-0.3, -0.25) is 11.3 Å². The first kappa shape index (κ1) is 10.7. The molecule has 1 unspecified atom stereocenters. The molecule has 1 aliphatic carbocycles. The fourth-order valence-electron chi connectivity index (χ4n) is 2.28. The topological polar surface area (TPSA) is 51.2 Å². The van der Waals surface area contributed by atoms with Gasteiger partial charge in [-0.15, -0.1) is 0 Å². The zero-order chi connectivity index (χ0) is 11.0. The van der Waals surface area contributed by atoms with Crippen LogP contribution in [0.3, 0.4) is 0 Å². The molecule has 3 N–H and O–H groups in total. The fraction of sp³-hybridized carbons (Fsp3) is 0.667. The summed E-state index contributed by atoms with van der Waals surface area (Å²) in [5, 5.41) is 0. The Balaban J connectivity index is 2.23. The average Bonchev–Trinajstić information content (AvgIpc) is 2.96. The lowest BCUT2D eigenvalue weighted by atomic mass is 9.98. The van der Waals surface area contributed by atoms with Crippen LogP contribution < -0.4 is 11.3 Å². The van der Waals surface area contributed by atoms with Gasteiger partial charge in [0.05, 0.1) is 0 Å². The average molecular weight is 208 g/mol. The van der Waals surface area contributed by atoms with Crippen molar-refractivity contribution in [2.45, 2.75) is 46.1 Å². The van der Waals surface area contributed by atoms with Gasteiger partial charge in [-0.1, -0.05) is 12.8 Å². The monoisotopic (exact) mass is 208 g/mol. The largest absolute Gasteiger partial charge is 0.466 e. The first-order chi connectivity index (χ1) is 7.13. The van der Waals surface area contributed by atoms with Crippen LogP contribution in [-0.2, 0) is 0 Å². The van der Waals surface area contributed by atoms with Gasteiger partial charge >= 0.3 is 0 Å². The second kappa shape index (κ2) is 3.99. The SMILES string of the molecule is Cc1oc(C)c(C(CC2CC2)NN)c1C. The lowest BCUT2D eigenvalue weighted by molar-refractivity contribution is 0.461. The summed E-state index contributed by atoms with van der Waals surface area (Å²) in [6.45, 7) is 6.14. The molecule has 0 amide bonds. The van der Waals surface area contributed by atoms with Crippen LogP contribution in [0, 0.1) is 26.7 Å². The summed E-state index contributed by atoms with van der Waals surface area (Å²) in [5.41, 5.74) is 5.44. The zero-order valence-corrected chi connectivity index (χ0v) is 9.76. The van der Waals surface area contributed by atoms with E-state index in [9.17, 15) is 0 Å². The Hall–Kier alpha value is -0.800. The molecule has 1 aromatic rings. The van der Waals surface area contributed by atoms with E-state index >= 15 is 0 Å². The Kier molecular flexibility index (Phi) is 2.85. The van der Waals surface area contributed by atoms with Gasteiger partial charge in [-0.2, -0.15) is 0 Å². The molecule has 0 saturated heterocycles. The van der Waals surface area contributed by atoms with E-state index in [-0.39, 0.29) is 6.04 Å². The van der Waals surface area contributed by atoms with Gasteiger partial charge in [0.1, 0.15) is 11.5 Å². The van der Waals surface area contributed by atoms with Crippen molar-refractivity contribution in [3.05, 3.63) is 22.6 Å². The normalized spacial score (nSPS) is 18.1. The van der Waals surface area contributed by atoms with Gasteiger partial charge in [0.2, 0.25) is 0 Å². The Labute approximate surface area is 91.0 Å². The molecule has 1 aliphatic rings. The molecule has 1 heterocycles. The van der Waals surface area contributed by atoms with Gasteiger partial charge in [0, 0.05) is 11.6 Å². The van der Waals surface area contributed by atoms with E-state index in [4.69, 9.17) is 10.3 Å². The van der Waals surface area contributed by atoms with Crippen molar-refractivity contribution in [2.24, 2.45) is 11.8 Å². The van der Waals surface area contributed by atoms with Gasteiger partial charge in [-0.25, -0.2) is 0 Å². The van der Waals surface area contributed by atoms with E-state index in [1.54, 1.807) is 0 Å². The predicted molar refractivity (Wildman–Crippen MR) is 60.3 cm³/mol. The predicted octanol–water partition coefficient (Wildman–Crippen LogP) is 2.51. The number of hydrogen-bond acceptors (Lipinski definition) is 3. The molecule has 1 atom stereocenters.